The Morgan fingerprint density at radius 3 is 2.48 bits per heavy atom. The standard InChI is InChI=1S/C18H21NO4/c1-14-4-3-5-15(12-14)19-18(20)13-22-10-11-23-17-8-6-16(21-2)7-9-17/h3-9,12H,10-11,13H2,1-2H3,(H,19,20). The zero-order valence-corrected chi connectivity index (χ0v) is 13.4. The number of anilines is 1. The van der Waals surface area contributed by atoms with Gasteiger partial charge in [-0.15, -0.1) is 0 Å². The Hall–Kier alpha value is -2.53. The number of aryl methyl sites for hydroxylation is 1. The first-order valence-corrected chi connectivity index (χ1v) is 7.38. The van der Waals surface area contributed by atoms with Gasteiger partial charge in [0.1, 0.15) is 24.7 Å². The summed E-state index contributed by atoms with van der Waals surface area (Å²) in [5.41, 5.74) is 1.87. The van der Waals surface area contributed by atoms with E-state index in [0.717, 1.165) is 22.7 Å². The Bertz CT molecular complexity index is 625. The molecule has 2 aromatic carbocycles. The molecular weight excluding hydrogens is 294 g/mol. The van der Waals surface area contributed by atoms with Gasteiger partial charge in [0.25, 0.3) is 0 Å². The Balaban J connectivity index is 1.62. The number of rotatable bonds is 8. The summed E-state index contributed by atoms with van der Waals surface area (Å²) in [5.74, 6) is 1.33. The number of nitrogens with one attached hydrogen (secondary N) is 1. The van der Waals surface area contributed by atoms with Gasteiger partial charge in [0.15, 0.2) is 0 Å². The molecule has 1 N–H and O–H groups in total. The second kappa shape index (κ2) is 8.80. The van der Waals surface area contributed by atoms with E-state index in [0.29, 0.717) is 13.2 Å². The number of amides is 1. The van der Waals surface area contributed by atoms with E-state index in [1.54, 1.807) is 7.11 Å². The number of methoxy groups -OCH3 is 1. The van der Waals surface area contributed by atoms with Crippen LogP contribution in [0.1, 0.15) is 5.56 Å². The number of benzene rings is 2. The van der Waals surface area contributed by atoms with Crippen molar-refractivity contribution in [3.05, 3.63) is 54.1 Å². The maximum Gasteiger partial charge on any atom is 0.250 e. The first-order valence-electron chi connectivity index (χ1n) is 7.38. The maximum absolute atomic E-state index is 11.7. The number of carbonyl (C=O) groups is 1. The summed E-state index contributed by atoms with van der Waals surface area (Å²) in [6.07, 6.45) is 0. The van der Waals surface area contributed by atoms with Crippen LogP contribution in [0.15, 0.2) is 48.5 Å². The SMILES string of the molecule is COc1ccc(OCCOCC(=O)Nc2cccc(C)c2)cc1. The zero-order valence-electron chi connectivity index (χ0n) is 13.4. The molecule has 0 aliphatic rings. The molecule has 122 valence electrons. The summed E-state index contributed by atoms with van der Waals surface area (Å²) < 4.78 is 15.9. The minimum Gasteiger partial charge on any atom is -0.497 e. The summed E-state index contributed by atoms with van der Waals surface area (Å²) in [6, 6.07) is 14.9. The Morgan fingerprint density at radius 2 is 1.78 bits per heavy atom. The van der Waals surface area contributed by atoms with Crippen LogP contribution in [-0.4, -0.2) is 32.8 Å². The van der Waals surface area contributed by atoms with Crippen LogP contribution in [-0.2, 0) is 9.53 Å². The van der Waals surface area contributed by atoms with Gasteiger partial charge in [0, 0.05) is 5.69 Å². The van der Waals surface area contributed by atoms with Crippen molar-refractivity contribution >= 4 is 11.6 Å². The van der Waals surface area contributed by atoms with Crippen LogP contribution in [0, 0.1) is 6.92 Å². The van der Waals surface area contributed by atoms with E-state index in [4.69, 9.17) is 14.2 Å². The van der Waals surface area contributed by atoms with Crippen molar-refractivity contribution in [2.24, 2.45) is 0 Å². The molecule has 0 atom stereocenters. The second-order valence-electron chi connectivity index (χ2n) is 4.99. The lowest BCUT2D eigenvalue weighted by Gasteiger charge is -2.08. The molecule has 0 fully saturated rings. The number of ether oxygens (including phenoxy) is 3. The van der Waals surface area contributed by atoms with Crippen LogP contribution in [0.5, 0.6) is 11.5 Å². The molecule has 0 aliphatic carbocycles. The molecule has 0 radical (unpaired) electrons. The molecular formula is C18H21NO4. The molecule has 5 heteroatoms. The van der Waals surface area contributed by atoms with E-state index in [9.17, 15) is 4.79 Å². The summed E-state index contributed by atoms with van der Waals surface area (Å²) >= 11 is 0. The van der Waals surface area contributed by atoms with Gasteiger partial charge in [-0.2, -0.15) is 0 Å². The van der Waals surface area contributed by atoms with Gasteiger partial charge in [0.05, 0.1) is 13.7 Å². The molecule has 2 aromatic rings. The largest absolute Gasteiger partial charge is 0.497 e. The lowest BCUT2D eigenvalue weighted by atomic mass is 10.2. The van der Waals surface area contributed by atoms with Crippen LogP contribution in [0.25, 0.3) is 0 Å². The Kier molecular flexibility index (Phi) is 6.44. The topological polar surface area (TPSA) is 56.8 Å². The fourth-order valence-corrected chi connectivity index (χ4v) is 1.98. The highest BCUT2D eigenvalue weighted by molar-refractivity contribution is 5.91. The lowest BCUT2D eigenvalue weighted by Crippen LogP contribution is -2.20. The minimum atomic E-state index is -0.181. The van der Waals surface area contributed by atoms with E-state index in [1.165, 1.54) is 0 Å². The third-order valence-corrected chi connectivity index (χ3v) is 3.09. The normalized spacial score (nSPS) is 10.2. The third-order valence-electron chi connectivity index (χ3n) is 3.09. The van der Waals surface area contributed by atoms with Crippen LogP contribution in [0.3, 0.4) is 0 Å². The van der Waals surface area contributed by atoms with Gasteiger partial charge >= 0.3 is 0 Å². The molecule has 0 saturated carbocycles. The van der Waals surface area contributed by atoms with Gasteiger partial charge in [-0.1, -0.05) is 12.1 Å². The summed E-state index contributed by atoms with van der Waals surface area (Å²) in [6.45, 7) is 2.69. The van der Waals surface area contributed by atoms with Gasteiger partial charge in [0.2, 0.25) is 5.91 Å². The average molecular weight is 315 g/mol. The summed E-state index contributed by atoms with van der Waals surface area (Å²) in [5, 5.41) is 2.79. The molecule has 0 spiro atoms. The Morgan fingerprint density at radius 1 is 1.04 bits per heavy atom. The molecule has 0 unspecified atom stereocenters. The van der Waals surface area contributed by atoms with E-state index in [-0.39, 0.29) is 12.5 Å². The molecule has 0 saturated heterocycles. The quantitative estimate of drug-likeness (QED) is 0.761. The molecule has 23 heavy (non-hydrogen) atoms. The van der Waals surface area contributed by atoms with Gasteiger partial charge in [-0.25, -0.2) is 0 Å². The van der Waals surface area contributed by atoms with Crippen molar-refractivity contribution in [3.63, 3.8) is 0 Å². The lowest BCUT2D eigenvalue weighted by molar-refractivity contribution is -0.120. The second-order valence-corrected chi connectivity index (χ2v) is 4.99. The highest BCUT2D eigenvalue weighted by Gasteiger charge is 2.03. The van der Waals surface area contributed by atoms with Crippen molar-refractivity contribution in [3.8, 4) is 11.5 Å². The van der Waals surface area contributed by atoms with Crippen LogP contribution >= 0.6 is 0 Å². The molecule has 0 bridgehead atoms. The van der Waals surface area contributed by atoms with Crippen LogP contribution < -0.4 is 14.8 Å². The molecule has 0 aliphatic heterocycles. The average Bonchev–Trinajstić information content (AvgIpc) is 2.55. The molecule has 2 rings (SSSR count). The van der Waals surface area contributed by atoms with Crippen LogP contribution in [0.4, 0.5) is 5.69 Å². The number of hydrogen-bond acceptors (Lipinski definition) is 4. The highest BCUT2D eigenvalue weighted by atomic mass is 16.5. The first kappa shape index (κ1) is 16.8. The van der Waals surface area contributed by atoms with E-state index in [1.807, 2.05) is 55.5 Å². The first-order chi connectivity index (χ1) is 11.2. The fourth-order valence-electron chi connectivity index (χ4n) is 1.98. The third kappa shape index (κ3) is 6.00. The predicted molar refractivity (Wildman–Crippen MR) is 89.1 cm³/mol. The molecule has 0 heterocycles. The monoisotopic (exact) mass is 315 g/mol. The minimum absolute atomic E-state index is 0.0000849. The van der Waals surface area contributed by atoms with E-state index in [2.05, 4.69) is 5.32 Å². The van der Waals surface area contributed by atoms with Gasteiger partial charge in [-0.3, -0.25) is 4.79 Å². The molecule has 1 amide bonds. The number of hydrogen-bond donors (Lipinski definition) is 1. The predicted octanol–water partition coefficient (Wildman–Crippen LogP) is 3.04. The van der Waals surface area contributed by atoms with Gasteiger partial charge in [-0.05, 0) is 48.9 Å². The smallest absolute Gasteiger partial charge is 0.250 e. The van der Waals surface area contributed by atoms with Crippen molar-refractivity contribution in [1.29, 1.82) is 0 Å². The molecule has 0 aromatic heterocycles. The van der Waals surface area contributed by atoms with Crippen molar-refractivity contribution < 1.29 is 19.0 Å². The summed E-state index contributed by atoms with van der Waals surface area (Å²) in [7, 11) is 1.62. The van der Waals surface area contributed by atoms with Crippen molar-refractivity contribution in [2.75, 3.05) is 32.2 Å². The molecule has 5 nitrogen and oxygen atoms in total. The highest BCUT2D eigenvalue weighted by Crippen LogP contribution is 2.16. The van der Waals surface area contributed by atoms with Crippen LogP contribution in [0.2, 0.25) is 0 Å². The van der Waals surface area contributed by atoms with E-state index < -0.39 is 0 Å². The van der Waals surface area contributed by atoms with Crippen molar-refractivity contribution in [1.82, 2.24) is 0 Å². The Labute approximate surface area is 136 Å². The van der Waals surface area contributed by atoms with E-state index >= 15 is 0 Å². The number of carbonyl (C=O) groups excluding carboxylic acids is 1. The zero-order chi connectivity index (χ0) is 16.5. The van der Waals surface area contributed by atoms with Gasteiger partial charge < -0.3 is 19.5 Å². The summed E-state index contributed by atoms with van der Waals surface area (Å²) in [4.78, 5) is 11.7. The maximum atomic E-state index is 11.7. The fraction of sp³-hybridized carbons (Fsp3) is 0.278. The van der Waals surface area contributed by atoms with Crippen molar-refractivity contribution in [2.45, 2.75) is 6.92 Å².